The predicted octanol–water partition coefficient (Wildman–Crippen LogP) is 3.91. The number of rotatable bonds is 5. The van der Waals surface area contributed by atoms with Gasteiger partial charge in [0, 0.05) is 12.3 Å². The Labute approximate surface area is 206 Å². The molecule has 1 aliphatic carbocycles. The predicted molar refractivity (Wildman–Crippen MR) is 127 cm³/mol. The third-order valence-corrected chi connectivity index (χ3v) is 6.80. The molecule has 9 heteroatoms. The van der Waals surface area contributed by atoms with E-state index in [2.05, 4.69) is 10.4 Å². The molecule has 0 bridgehead atoms. The third-order valence-electron chi connectivity index (χ3n) is 6.80. The van der Waals surface area contributed by atoms with Gasteiger partial charge in [-0.3, -0.25) is 9.59 Å². The molecule has 2 aliphatic heterocycles. The van der Waals surface area contributed by atoms with Gasteiger partial charge in [0.15, 0.2) is 6.61 Å². The van der Waals surface area contributed by atoms with Crippen molar-refractivity contribution >= 4 is 29.6 Å². The Balaban J connectivity index is 1.41. The lowest BCUT2D eigenvalue weighted by Crippen LogP contribution is -2.38. The van der Waals surface area contributed by atoms with Gasteiger partial charge in [-0.15, -0.1) is 0 Å². The van der Waals surface area contributed by atoms with Crippen molar-refractivity contribution in [3.05, 3.63) is 76.9 Å². The SMILES string of the molecule is O=C1CCC(C(=O)OCC(=O)N2N=C3C(=Cc4ccc(F)cc4)CCCC3C2c2ccc(F)cc2)N1. The maximum absolute atomic E-state index is 13.6. The van der Waals surface area contributed by atoms with Crippen LogP contribution in [0.15, 0.2) is 59.2 Å². The normalized spacial score (nSPS) is 24.3. The molecular formula is C27H25F2N3O4. The van der Waals surface area contributed by atoms with E-state index >= 15 is 0 Å². The number of nitrogens with one attached hydrogen (secondary N) is 1. The van der Waals surface area contributed by atoms with Gasteiger partial charge in [-0.1, -0.05) is 24.3 Å². The van der Waals surface area contributed by atoms with Gasteiger partial charge in [-0.05, 0) is 72.7 Å². The number of hydrogen-bond acceptors (Lipinski definition) is 5. The molecule has 36 heavy (non-hydrogen) atoms. The highest BCUT2D eigenvalue weighted by Gasteiger charge is 2.44. The van der Waals surface area contributed by atoms with E-state index in [-0.39, 0.29) is 29.9 Å². The molecule has 2 aromatic carbocycles. The van der Waals surface area contributed by atoms with Crippen molar-refractivity contribution in [1.29, 1.82) is 0 Å². The molecule has 0 radical (unpaired) electrons. The van der Waals surface area contributed by atoms with Gasteiger partial charge >= 0.3 is 5.97 Å². The van der Waals surface area contributed by atoms with E-state index in [1.807, 2.05) is 6.08 Å². The van der Waals surface area contributed by atoms with Crippen LogP contribution < -0.4 is 5.32 Å². The Morgan fingerprint density at radius 2 is 1.72 bits per heavy atom. The first kappa shape index (κ1) is 23.8. The number of fused-ring (bicyclic) bond motifs is 1. The second-order valence-electron chi connectivity index (χ2n) is 9.21. The fourth-order valence-corrected chi connectivity index (χ4v) is 5.05. The first-order chi connectivity index (χ1) is 17.4. The number of amides is 2. The third kappa shape index (κ3) is 4.91. The van der Waals surface area contributed by atoms with E-state index in [9.17, 15) is 23.2 Å². The Morgan fingerprint density at radius 3 is 2.39 bits per heavy atom. The van der Waals surface area contributed by atoms with Crippen molar-refractivity contribution in [2.45, 2.75) is 44.2 Å². The Hall–Kier alpha value is -3.88. The molecule has 1 saturated carbocycles. The molecule has 3 unspecified atom stereocenters. The molecule has 0 spiro atoms. The molecule has 2 fully saturated rings. The highest BCUT2D eigenvalue weighted by molar-refractivity contribution is 6.08. The van der Waals surface area contributed by atoms with Gasteiger partial charge in [0.1, 0.15) is 17.7 Å². The fraction of sp³-hybridized carbons (Fsp3) is 0.333. The molecule has 0 aromatic heterocycles. The molecule has 186 valence electrons. The molecule has 2 amide bonds. The largest absolute Gasteiger partial charge is 0.454 e. The fourth-order valence-electron chi connectivity index (χ4n) is 5.05. The summed E-state index contributed by atoms with van der Waals surface area (Å²) in [5.74, 6) is -2.22. The van der Waals surface area contributed by atoms with Crippen LogP contribution in [0.4, 0.5) is 8.78 Å². The number of hydrogen-bond donors (Lipinski definition) is 1. The van der Waals surface area contributed by atoms with Crippen molar-refractivity contribution in [2.24, 2.45) is 11.0 Å². The highest BCUT2D eigenvalue weighted by atomic mass is 19.1. The van der Waals surface area contributed by atoms with Crippen molar-refractivity contribution in [3.63, 3.8) is 0 Å². The summed E-state index contributed by atoms with van der Waals surface area (Å²) in [7, 11) is 0. The summed E-state index contributed by atoms with van der Waals surface area (Å²) in [6.45, 7) is -0.524. The number of halogens is 2. The van der Waals surface area contributed by atoms with Gasteiger partial charge in [-0.2, -0.15) is 5.10 Å². The second-order valence-corrected chi connectivity index (χ2v) is 9.21. The number of carbonyl (C=O) groups is 3. The molecule has 3 aliphatic rings. The van der Waals surface area contributed by atoms with Crippen LogP contribution in [-0.4, -0.2) is 41.2 Å². The molecule has 7 nitrogen and oxygen atoms in total. The molecule has 3 atom stereocenters. The molecular weight excluding hydrogens is 468 g/mol. The average molecular weight is 494 g/mol. The van der Waals surface area contributed by atoms with Crippen molar-refractivity contribution < 1.29 is 27.9 Å². The van der Waals surface area contributed by atoms with Gasteiger partial charge in [0.25, 0.3) is 5.91 Å². The van der Waals surface area contributed by atoms with Crippen LogP contribution in [-0.2, 0) is 19.1 Å². The van der Waals surface area contributed by atoms with Gasteiger partial charge in [0.05, 0.1) is 11.8 Å². The van der Waals surface area contributed by atoms with E-state index in [0.29, 0.717) is 6.42 Å². The van der Waals surface area contributed by atoms with Crippen molar-refractivity contribution in [2.75, 3.05) is 6.61 Å². The van der Waals surface area contributed by atoms with E-state index in [1.54, 1.807) is 24.3 Å². The number of benzene rings is 2. The van der Waals surface area contributed by atoms with Crippen molar-refractivity contribution in [3.8, 4) is 0 Å². The maximum Gasteiger partial charge on any atom is 0.329 e. The Morgan fingerprint density at radius 1 is 1.03 bits per heavy atom. The van der Waals surface area contributed by atoms with Crippen molar-refractivity contribution in [1.82, 2.24) is 10.3 Å². The monoisotopic (exact) mass is 493 g/mol. The minimum atomic E-state index is -0.754. The summed E-state index contributed by atoms with van der Waals surface area (Å²) in [5, 5.41) is 8.53. The smallest absolute Gasteiger partial charge is 0.329 e. The van der Waals surface area contributed by atoms with Gasteiger partial charge in [-0.25, -0.2) is 18.6 Å². The van der Waals surface area contributed by atoms with Crippen LogP contribution >= 0.6 is 0 Å². The summed E-state index contributed by atoms with van der Waals surface area (Å²) in [5.41, 5.74) is 3.25. The van der Waals surface area contributed by atoms with E-state index in [1.165, 1.54) is 29.3 Å². The molecule has 2 heterocycles. The molecule has 2 aromatic rings. The number of allylic oxidation sites excluding steroid dienone is 1. The Bertz CT molecular complexity index is 1240. The van der Waals surface area contributed by atoms with Crippen LogP contribution in [0, 0.1) is 17.6 Å². The molecule has 1 N–H and O–H groups in total. The molecule has 5 rings (SSSR count). The van der Waals surface area contributed by atoms with Gasteiger partial charge in [0.2, 0.25) is 5.91 Å². The van der Waals surface area contributed by atoms with E-state index in [0.717, 1.165) is 41.7 Å². The summed E-state index contributed by atoms with van der Waals surface area (Å²) >= 11 is 0. The minimum absolute atomic E-state index is 0.121. The maximum atomic E-state index is 13.6. The highest BCUT2D eigenvalue weighted by Crippen LogP contribution is 2.44. The lowest BCUT2D eigenvalue weighted by Gasteiger charge is -2.29. The first-order valence-corrected chi connectivity index (χ1v) is 12.0. The zero-order valence-electron chi connectivity index (χ0n) is 19.5. The lowest BCUT2D eigenvalue weighted by atomic mass is 9.77. The quantitative estimate of drug-likeness (QED) is 0.640. The number of carbonyl (C=O) groups excluding carboxylic acids is 3. The Kier molecular flexibility index (Phi) is 6.63. The lowest BCUT2D eigenvalue weighted by molar-refractivity contribution is -0.154. The summed E-state index contributed by atoms with van der Waals surface area (Å²) in [6.07, 6.45) is 4.91. The van der Waals surface area contributed by atoms with E-state index in [4.69, 9.17) is 4.74 Å². The zero-order valence-corrected chi connectivity index (χ0v) is 19.5. The standard InChI is InChI=1S/C27H25F2N3O4/c28-19-8-4-16(5-9-19)14-18-2-1-3-21-25(18)31-32(26(21)17-6-10-20(29)11-7-17)24(34)15-36-27(35)22-12-13-23(33)30-22/h4-11,14,21-22,26H,1-3,12-13,15H2,(H,30,33). The topological polar surface area (TPSA) is 88.1 Å². The van der Waals surface area contributed by atoms with Crippen LogP contribution in [0.25, 0.3) is 6.08 Å². The second kappa shape index (κ2) is 10.0. The number of ether oxygens (including phenoxy) is 1. The van der Waals surface area contributed by atoms with Crippen LogP contribution in [0.2, 0.25) is 0 Å². The molecule has 1 saturated heterocycles. The van der Waals surface area contributed by atoms with Crippen LogP contribution in [0.5, 0.6) is 0 Å². The summed E-state index contributed by atoms with van der Waals surface area (Å²) < 4.78 is 32.2. The van der Waals surface area contributed by atoms with Crippen LogP contribution in [0.1, 0.15) is 49.3 Å². The van der Waals surface area contributed by atoms with E-state index < -0.39 is 30.6 Å². The first-order valence-electron chi connectivity index (χ1n) is 12.0. The zero-order chi connectivity index (χ0) is 25.2. The summed E-state index contributed by atoms with van der Waals surface area (Å²) in [4.78, 5) is 36.9. The van der Waals surface area contributed by atoms with Crippen LogP contribution in [0.3, 0.4) is 0 Å². The number of esters is 1. The summed E-state index contributed by atoms with van der Waals surface area (Å²) in [6, 6.07) is 10.9. The minimum Gasteiger partial charge on any atom is -0.454 e. The average Bonchev–Trinajstić information content (AvgIpc) is 3.49. The number of nitrogens with zero attached hydrogens (tertiary/aromatic N) is 2. The number of hydrazone groups is 1. The van der Waals surface area contributed by atoms with Gasteiger partial charge < -0.3 is 10.1 Å².